The molecule has 1 heterocycles. The van der Waals surface area contributed by atoms with Gasteiger partial charge in [0.1, 0.15) is 0 Å². The van der Waals surface area contributed by atoms with Crippen LogP contribution in [0.4, 0.5) is 0 Å². The number of rotatable bonds is 0. The molecule has 0 aromatic heterocycles. The third-order valence-corrected chi connectivity index (χ3v) is 1.67. The molecule has 2 bridgehead atoms. The second-order valence-electron chi connectivity index (χ2n) is 2.29. The van der Waals surface area contributed by atoms with Crippen molar-refractivity contribution in [2.75, 3.05) is 6.61 Å². The minimum absolute atomic E-state index is 0.856. The molecule has 1 unspecified atom stereocenters. The lowest BCUT2D eigenvalue weighted by Gasteiger charge is -2.01. The molecule has 0 saturated carbocycles. The summed E-state index contributed by atoms with van der Waals surface area (Å²) >= 11 is 0. The van der Waals surface area contributed by atoms with Gasteiger partial charge < -0.3 is 4.74 Å². The molecule has 1 heteroatoms. The first-order valence-electron chi connectivity index (χ1n) is 2.77. The summed E-state index contributed by atoms with van der Waals surface area (Å²) in [6, 6.07) is 0. The van der Waals surface area contributed by atoms with Gasteiger partial charge in [0, 0.05) is 12.3 Å². The van der Waals surface area contributed by atoms with E-state index in [1.54, 1.807) is 0 Å². The molecule has 0 radical (unpaired) electrons. The Balaban J connectivity index is 2.30. The Morgan fingerprint density at radius 1 is 1.71 bits per heavy atom. The third kappa shape index (κ3) is 0.379. The van der Waals surface area contributed by atoms with E-state index in [2.05, 4.69) is 6.08 Å². The van der Waals surface area contributed by atoms with Crippen molar-refractivity contribution in [3.8, 4) is 0 Å². The Labute approximate surface area is 43.0 Å². The Morgan fingerprint density at radius 2 is 2.71 bits per heavy atom. The molecule has 7 heavy (non-hydrogen) atoms. The van der Waals surface area contributed by atoms with Crippen LogP contribution in [0.25, 0.3) is 0 Å². The maximum absolute atomic E-state index is 5.21. The monoisotopic (exact) mass is 96.1 g/mol. The van der Waals surface area contributed by atoms with Gasteiger partial charge in [-0.15, -0.1) is 0 Å². The highest BCUT2D eigenvalue weighted by molar-refractivity contribution is 5.07. The smallest absolute Gasteiger partial charge is 0.0924 e. The summed E-state index contributed by atoms with van der Waals surface area (Å²) in [4.78, 5) is 0. The molecule has 2 aliphatic rings. The highest BCUT2D eigenvalue weighted by Crippen LogP contribution is 2.32. The van der Waals surface area contributed by atoms with Crippen molar-refractivity contribution in [3.05, 3.63) is 11.8 Å². The first-order valence-corrected chi connectivity index (χ1v) is 2.77. The van der Waals surface area contributed by atoms with Crippen molar-refractivity contribution in [3.63, 3.8) is 0 Å². The first-order chi connectivity index (χ1) is 3.45. The van der Waals surface area contributed by atoms with E-state index in [9.17, 15) is 0 Å². The summed E-state index contributed by atoms with van der Waals surface area (Å²) in [5, 5.41) is 0. The molecule has 1 nitrogen and oxygen atoms in total. The molecule has 1 aliphatic heterocycles. The summed E-state index contributed by atoms with van der Waals surface area (Å²) in [5.41, 5.74) is 0. The van der Waals surface area contributed by atoms with Crippen molar-refractivity contribution in [1.82, 2.24) is 0 Å². The number of fused-ring (bicyclic) bond motifs is 2. The van der Waals surface area contributed by atoms with Crippen molar-refractivity contribution in [2.45, 2.75) is 12.8 Å². The average Bonchev–Trinajstić information content (AvgIpc) is 2.22. The lowest BCUT2D eigenvalue weighted by molar-refractivity contribution is 0.226. The van der Waals surface area contributed by atoms with E-state index >= 15 is 0 Å². The van der Waals surface area contributed by atoms with Crippen LogP contribution < -0.4 is 0 Å². The average molecular weight is 96.1 g/mol. The van der Waals surface area contributed by atoms with Crippen LogP contribution >= 0.6 is 0 Å². The van der Waals surface area contributed by atoms with Crippen LogP contribution in [-0.4, -0.2) is 6.61 Å². The maximum Gasteiger partial charge on any atom is 0.0924 e. The van der Waals surface area contributed by atoms with E-state index in [4.69, 9.17) is 4.74 Å². The third-order valence-electron chi connectivity index (χ3n) is 1.67. The zero-order chi connectivity index (χ0) is 4.69. The van der Waals surface area contributed by atoms with Crippen LogP contribution in [0.2, 0.25) is 0 Å². The Morgan fingerprint density at radius 3 is 2.86 bits per heavy atom. The quantitative estimate of drug-likeness (QED) is 0.442. The number of hydrogen-bond acceptors (Lipinski definition) is 1. The van der Waals surface area contributed by atoms with Gasteiger partial charge in [0.05, 0.1) is 12.4 Å². The van der Waals surface area contributed by atoms with E-state index in [0.717, 1.165) is 12.5 Å². The van der Waals surface area contributed by atoms with Gasteiger partial charge in [0.25, 0.3) is 0 Å². The minimum Gasteiger partial charge on any atom is -0.498 e. The standard InChI is InChI=1S/C6H8O/c1-2-6-3-5(1)4-7-6/h2,5H,1,3-4H2. The van der Waals surface area contributed by atoms with Crippen LogP contribution in [0.1, 0.15) is 12.8 Å². The molecule has 38 valence electrons. The molecule has 0 N–H and O–H groups in total. The molecule has 0 aromatic rings. The molecule has 2 rings (SSSR count). The summed E-state index contributed by atoms with van der Waals surface area (Å²) in [5.74, 6) is 2.10. The molecular weight excluding hydrogens is 88.1 g/mol. The van der Waals surface area contributed by atoms with Crippen molar-refractivity contribution < 1.29 is 4.74 Å². The second-order valence-corrected chi connectivity index (χ2v) is 2.29. The first kappa shape index (κ1) is 3.53. The molecule has 0 amide bonds. The zero-order valence-corrected chi connectivity index (χ0v) is 4.18. The van der Waals surface area contributed by atoms with Crippen LogP contribution in [0, 0.1) is 5.92 Å². The lowest BCUT2D eigenvalue weighted by Crippen LogP contribution is -1.95. The molecule has 0 aromatic carbocycles. The predicted molar refractivity (Wildman–Crippen MR) is 26.8 cm³/mol. The van der Waals surface area contributed by atoms with Gasteiger partial charge in [-0.1, -0.05) is 0 Å². The Kier molecular flexibility index (Phi) is 0.518. The summed E-state index contributed by atoms with van der Waals surface area (Å²) in [6.45, 7) is 0.992. The van der Waals surface area contributed by atoms with E-state index in [0.29, 0.717) is 0 Å². The van der Waals surface area contributed by atoms with Crippen LogP contribution in [0.15, 0.2) is 11.8 Å². The van der Waals surface area contributed by atoms with Crippen molar-refractivity contribution in [1.29, 1.82) is 0 Å². The fourth-order valence-corrected chi connectivity index (χ4v) is 1.22. The van der Waals surface area contributed by atoms with Gasteiger partial charge in [-0.25, -0.2) is 0 Å². The Hall–Kier alpha value is -0.460. The molecular formula is C6H8O. The van der Waals surface area contributed by atoms with Gasteiger partial charge in [0.2, 0.25) is 0 Å². The molecule has 0 spiro atoms. The van der Waals surface area contributed by atoms with Gasteiger partial charge in [-0.2, -0.15) is 0 Å². The second kappa shape index (κ2) is 1.03. The normalized spacial score (nSPS) is 35.4. The number of allylic oxidation sites excluding steroid dienone is 2. The van der Waals surface area contributed by atoms with Gasteiger partial charge >= 0.3 is 0 Å². The van der Waals surface area contributed by atoms with Crippen molar-refractivity contribution in [2.24, 2.45) is 5.92 Å². The lowest BCUT2D eigenvalue weighted by atomic mass is 10.1. The summed E-state index contributed by atoms with van der Waals surface area (Å²) in [7, 11) is 0. The van der Waals surface area contributed by atoms with Crippen LogP contribution in [0.5, 0.6) is 0 Å². The van der Waals surface area contributed by atoms with E-state index in [-0.39, 0.29) is 0 Å². The Bertz CT molecular complexity index is 115. The van der Waals surface area contributed by atoms with Gasteiger partial charge in [-0.3, -0.25) is 0 Å². The summed E-state index contributed by atoms with van der Waals surface area (Å²) < 4.78 is 5.21. The molecule has 1 saturated heterocycles. The zero-order valence-electron chi connectivity index (χ0n) is 4.18. The molecule has 1 fully saturated rings. The maximum atomic E-state index is 5.21. The van der Waals surface area contributed by atoms with Crippen LogP contribution in [0.3, 0.4) is 0 Å². The topological polar surface area (TPSA) is 9.23 Å². The fraction of sp³-hybridized carbons (Fsp3) is 0.667. The van der Waals surface area contributed by atoms with Gasteiger partial charge in [-0.05, 0) is 12.5 Å². The summed E-state index contributed by atoms with van der Waals surface area (Å²) in [6.07, 6.45) is 4.70. The molecule has 1 aliphatic carbocycles. The van der Waals surface area contributed by atoms with E-state index in [1.165, 1.54) is 18.6 Å². The van der Waals surface area contributed by atoms with E-state index in [1.807, 2.05) is 0 Å². The highest BCUT2D eigenvalue weighted by atomic mass is 16.5. The van der Waals surface area contributed by atoms with Crippen LogP contribution in [-0.2, 0) is 4.74 Å². The largest absolute Gasteiger partial charge is 0.498 e. The number of ether oxygens (including phenoxy) is 1. The minimum atomic E-state index is 0.856. The van der Waals surface area contributed by atoms with Crippen molar-refractivity contribution >= 4 is 0 Å². The van der Waals surface area contributed by atoms with Gasteiger partial charge in [0.15, 0.2) is 0 Å². The molecule has 1 atom stereocenters. The number of hydrogen-bond donors (Lipinski definition) is 0. The SMILES string of the molecule is C1=C2CC(C1)CO2. The van der Waals surface area contributed by atoms with E-state index < -0.39 is 0 Å². The fourth-order valence-electron chi connectivity index (χ4n) is 1.22. The highest BCUT2D eigenvalue weighted by Gasteiger charge is 2.24. The predicted octanol–water partition coefficient (Wildman–Crippen LogP) is 1.31.